The lowest BCUT2D eigenvalue weighted by atomic mass is 9.91. The summed E-state index contributed by atoms with van der Waals surface area (Å²) < 4.78 is 5.67. The lowest BCUT2D eigenvalue weighted by Gasteiger charge is -2.37. The van der Waals surface area contributed by atoms with E-state index < -0.39 is 18.0 Å². The zero-order valence-electron chi connectivity index (χ0n) is 20.6. The van der Waals surface area contributed by atoms with E-state index >= 15 is 0 Å². The number of nitrogens with one attached hydrogen (secondary N) is 1. The van der Waals surface area contributed by atoms with Crippen LogP contribution in [0.3, 0.4) is 0 Å². The Morgan fingerprint density at radius 2 is 1.66 bits per heavy atom. The number of hydrogen-bond donors (Lipinski definition) is 2. The molecule has 2 aromatic rings. The molecule has 1 fully saturated rings. The first-order valence-corrected chi connectivity index (χ1v) is 12.4. The van der Waals surface area contributed by atoms with Gasteiger partial charge in [-0.15, -0.1) is 0 Å². The van der Waals surface area contributed by atoms with Crippen molar-refractivity contribution >= 4 is 18.0 Å². The van der Waals surface area contributed by atoms with E-state index in [2.05, 4.69) is 29.6 Å². The van der Waals surface area contributed by atoms with Gasteiger partial charge in [0.1, 0.15) is 6.61 Å². The fourth-order valence-corrected chi connectivity index (χ4v) is 5.32. The van der Waals surface area contributed by atoms with Crippen LogP contribution >= 0.6 is 0 Å². The highest BCUT2D eigenvalue weighted by Crippen LogP contribution is 2.44. The van der Waals surface area contributed by atoms with Gasteiger partial charge < -0.3 is 20.1 Å². The summed E-state index contributed by atoms with van der Waals surface area (Å²) in [5.74, 6) is -1.27. The first kappa shape index (κ1) is 24.8. The predicted molar refractivity (Wildman–Crippen MR) is 133 cm³/mol. The maximum absolute atomic E-state index is 13.0. The molecule has 186 valence electrons. The molecule has 2 aliphatic rings. The Morgan fingerprint density at radius 1 is 1.06 bits per heavy atom. The Hall–Kier alpha value is -3.35. The minimum Gasteiger partial charge on any atom is -0.481 e. The van der Waals surface area contributed by atoms with Crippen LogP contribution in [-0.4, -0.2) is 53.2 Å². The third-order valence-corrected chi connectivity index (χ3v) is 7.39. The second-order valence-electron chi connectivity index (χ2n) is 10.0. The molecule has 0 unspecified atom stereocenters. The quantitative estimate of drug-likeness (QED) is 0.604. The Labute approximate surface area is 206 Å². The highest BCUT2D eigenvalue weighted by molar-refractivity contribution is 5.80. The van der Waals surface area contributed by atoms with Crippen molar-refractivity contribution < 1.29 is 24.2 Å². The molecule has 2 amide bonds. The number of nitrogens with zero attached hydrogens (tertiary/aromatic N) is 1. The van der Waals surface area contributed by atoms with Crippen molar-refractivity contribution in [3.05, 3.63) is 59.7 Å². The molecule has 7 heteroatoms. The molecule has 4 rings (SSSR count). The smallest absolute Gasteiger partial charge is 0.407 e. The maximum atomic E-state index is 13.0. The van der Waals surface area contributed by atoms with Crippen LogP contribution in [0.4, 0.5) is 4.79 Å². The Kier molecular flexibility index (Phi) is 7.43. The van der Waals surface area contributed by atoms with Gasteiger partial charge in [0.25, 0.3) is 0 Å². The Morgan fingerprint density at radius 3 is 2.20 bits per heavy atom. The molecule has 2 aromatic carbocycles. The highest BCUT2D eigenvalue weighted by atomic mass is 16.5. The molecule has 1 saturated heterocycles. The first-order valence-electron chi connectivity index (χ1n) is 12.4. The molecule has 2 N–H and O–H groups in total. The van der Waals surface area contributed by atoms with E-state index in [4.69, 9.17) is 4.74 Å². The molecule has 7 nitrogen and oxygen atoms in total. The van der Waals surface area contributed by atoms with Crippen LogP contribution < -0.4 is 5.32 Å². The zero-order chi connectivity index (χ0) is 25.1. The summed E-state index contributed by atoms with van der Waals surface area (Å²) in [6.45, 7) is 6.45. The van der Waals surface area contributed by atoms with Crippen LogP contribution in [0, 0.1) is 11.8 Å². The molecule has 1 aliphatic heterocycles. The fraction of sp³-hybridized carbons (Fsp3) is 0.464. The van der Waals surface area contributed by atoms with Crippen LogP contribution in [0.25, 0.3) is 11.1 Å². The number of rotatable bonds is 7. The topological polar surface area (TPSA) is 95.9 Å². The third-order valence-electron chi connectivity index (χ3n) is 7.39. The average Bonchev–Trinajstić information content (AvgIpc) is 3.15. The van der Waals surface area contributed by atoms with Crippen molar-refractivity contribution in [2.45, 2.75) is 58.0 Å². The molecular formula is C28H34N2O5. The summed E-state index contributed by atoms with van der Waals surface area (Å²) in [5.41, 5.74) is 4.64. The average molecular weight is 479 g/mol. The Balaban J connectivity index is 1.35. The van der Waals surface area contributed by atoms with Gasteiger partial charge in [0.05, 0.1) is 5.92 Å². The van der Waals surface area contributed by atoms with E-state index in [9.17, 15) is 19.5 Å². The Bertz CT molecular complexity index is 1050. The van der Waals surface area contributed by atoms with Crippen molar-refractivity contribution in [1.29, 1.82) is 0 Å². The third kappa shape index (κ3) is 5.34. The van der Waals surface area contributed by atoms with Crippen LogP contribution in [0.1, 0.15) is 57.1 Å². The van der Waals surface area contributed by atoms with Crippen LogP contribution in [-0.2, 0) is 14.3 Å². The SMILES string of the molecule is CC(C)[C@H](CC(=O)N1CC[C@@H](C(=O)O)C[C@H]1C)NC(=O)OCC1c2ccccc2-c2ccccc21. The maximum Gasteiger partial charge on any atom is 0.407 e. The van der Waals surface area contributed by atoms with Crippen LogP contribution in [0.5, 0.6) is 0 Å². The number of likely N-dealkylation sites (tertiary alicyclic amines) is 1. The second kappa shape index (κ2) is 10.5. The van der Waals surface area contributed by atoms with Gasteiger partial charge in [0.2, 0.25) is 5.91 Å². The number of piperidine rings is 1. The molecule has 0 bridgehead atoms. The van der Waals surface area contributed by atoms with Gasteiger partial charge >= 0.3 is 12.1 Å². The van der Waals surface area contributed by atoms with Gasteiger partial charge in [-0.25, -0.2) is 4.79 Å². The molecule has 0 radical (unpaired) electrons. The molecule has 0 spiro atoms. The van der Waals surface area contributed by atoms with E-state index in [1.807, 2.05) is 45.0 Å². The lowest BCUT2D eigenvalue weighted by molar-refractivity contribution is -0.147. The predicted octanol–water partition coefficient (Wildman–Crippen LogP) is 4.65. The number of carboxylic acids is 1. The van der Waals surface area contributed by atoms with Crippen LogP contribution in [0.15, 0.2) is 48.5 Å². The summed E-state index contributed by atoms with van der Waals surface area (Å²) in [5, 5.41) is 12.2. The standard InChI is InChI=1S/C28H34N2O5/c1-17(2)25(15-26(31)30-13-12-19(27(32)33)14-18(30)3)29-28(34)35-16-24-22-10-6-4-8-20(22)21-9-5-7-11-23(21)24/h4-11,17-19,24-25H,12-16H2,1-3H3,(H,29,34)(H,32,33)/t18-,19-,25+/m1/s1. The molecule has 1 aliphatic carbocycles. The summed E-state index contributed by atoms with van der Waals surface area (Å²) in [7, 11) is 0. The largest absolute Gasteiger partial charge is 0.481 e. The van der Waals surface area contributed by atoms with Gasteiger partial charge in [-0.3, -0.25) is 9.59 Å². The van der Waals surface area contributed by atoms with Gasteiger partial charge in [0, 0.05) is 31.0 Å². The van der Waals surface area contributed by atoms with Crippen molar-refractivity contribution in [3.8, 4) is 11.1 Å². The number of fused-ring (bicyclic) bond motifs is 3. The van der Waals surface area contributed by atoms with Crippen molar-refractivity contribution in [1.82, 2.24) is 10.2 Å². The number of amides is 2. The number of carbonyl (C=O) groups is 3. The van der Waals surface area contributed by atoms with Crippen LogP contribution in [0.2, 0.25) is 0 Å². The zero-order valence-corrected chi connectivity index (χ0v) is 20.6. The normalized spacial score (nSPS) is 20.2. The molecule has 0 saturated carbocycles. The summed E-state index contributed by atoms with van der Waals surface area (Å²) in [6, 6.07) is 15.8. The lowest BCUT2D eigenvalue weighted by Crippen LogP contribution is -2.49. The summed E-state index contributed by atoms with van der Waals surface area (Å²) in [4.78, 5) is 38.8. The second-order valence-corrected chi connectivity index (χ2v) is 10.0. The van der Waals surface area contributed by atoms with Gasteiger partial charge in [-0.1, -0.05) is 62.4 Å². The molecule has 3 atom stereocenters. The van der Waals surface area contributed by atoms with E-state index in [0.29, 0.717) is 19.4 Å². The molecule has 0 aromatic heterocycles. The minimum atomic E-state index is -0.805. The number of aliphatic carboxylic acids is 1. The molecular weight excluding hydrogens is 444 g/mol. The number of carboxylic acid groups (broad SMARTS) is 1. The monoisotopic (exact) mass is 478 g/mol. The minimum absolute atomic E-state index is 0.0244. The highest BCUT2D eigenvalue weighted by Gasteiger charge is 2.34. The summed E-state index contributed by atoms with van der Waals surface area (Å²) >= 11 is 0. The van der Waals surface area contributed by atoms with Crippen molar-refractivity contribution in [2.24, 2.45) is 11.8 Å². The van der Waals surface area contributed by atoms with E-state index in [1.165, 1.54) is 11.1 Å². The first-order chi connectivity index (χ1) is 16.8. The fourth-order valence-electron chi connectivity index (χ4n) is 5.32. The number of benzene rings is 2. The number of hydrogen-bond acceptors (Lipinski definition) is 4. The van der Waals surface area contributed by atoms with Gasteiger partial charge in [0.15, 0.2) is 0 Å². The molecule has 1 heterocycles. The summed E-state index contributed by atoms with van der Waals surface area (Å²) in [6.07, 6.45) is 0.533. The number of carbonyl (C=O) groups excluding carboxylic acids is 2. The van der Waals surface area contributed by atoms with E-state index in [-0.39, 0.29) is 42.9 Å². The number of ether oxygens (including phenoxy) is 1. The van der Waals surface area contributed by atoms with Crippen molar-refractivity contribution in [2.75, 3.05) is 13.2 Å². The van der Waals surface area contributed by atoms with E-state index in [1.54, 1.807) is 4.90 Å². The van der Waals surface area contributed by atoms with Gasteiger partial charge in [-0.2, -0.15) is 0 Å². The molecule has 35 heavy (non-hydrogen) atoms. The van der Waals surface area contributed by atoms with Gasteiger partial charge in [-0.05, 0) is 47.9 Å². The van der Waals surface area contributed by atoms with E-state index in [0.717, 1.165) is 11.1 Å². The number of alkyl carbamates (subject to hydrolysis) is 1. The van der Waals surface area contributed by atoms with Crippen molar-refractivity contribution in [3.63, 3.8) is 0 Å².